The molecule has 0 saturated carbocycles. The van der Waals surface area contributed by atoms with Crippen LogP contribution in [0.15, 0.2) is 24.3 Å². The van der Waals surface area contributed by atoms with Crippen molar-refractivity contribution in [1.82, 2.24) is 5.32 Å². The number of carbonyl (C=O) groups is 2. The zero-order chi connectivity index (χ0) is 15.3. The van der Waals surface area contributed by atoms with Crippen molar-refractivity contribution in [3.05, 3.63) is 29.8 Å². The summed E-state index contributed by atoms with van der Waals surface area (Å²) in [5.74, 6) is -1.40. The van der Waals surface area contributed by atoms with E-state index in [-0.39, 0.29) is 31.1 Å². The number of hydrogen-bond donors (Lipinski definition) is 4. The Labute approximate surface area is 129 Å². The maximum absolute atomic E-state index is 12.0. The van der Waals surface area contributed by atoms with E-state index >= 15 is 0 Å². The van der Waals surface area contributed by atoms with Crippen molar-refractivity contribution in [2.45, 2.75) is 26.3 Å². The molecule has 0 bridgehead atoms. The number of aromatic hydroxyl groups is 1. The largest absolute Gasteiger partial charge is 0.508 e. The minimum absolute atomic E-state index is 0. The first-order valence-corrected chi connectivity index (χ1v) is 6.28. The molecule has 0 heterocycles. The summed E-state index contributed by atoms with van der Waals surface area (Å²) in [6.45, 7) is 3.44. The van der Waals surface area contributed by atoms with Crippen molar-refractivity contribution < 1.29 is 19.8 Å². The van der Waals surface area contributed by atoms with E-state index in [4.69, 9.17) is 5.73 Å². The lowest BCUT2D eigenvalue weighted by Crippen LogP contribution is -2.49. The monoisotopic (exact) mass is 316 g/mol. The lowest BCUT2D eigenvalue weighted by molar-refractivity contribution is -0.143. The van der Waals surface area contributed by atoms with E-state index in [9.17, 15) is 19.8 Å². The van der Waals surface area contributed by atoms with Crippen LogP contribution in [0.4, 0.5) is 0 Å². The van der Waals surface area contributed by atoms with Crippen LogP contribution in [0, 0.1) is 5.41 Å². The van der Waals surface area contributed by atoms with Gasteiger partial charge >= 0.3 is 5.97 Å². The van der Waals surface area contributed by atoms with E-state index in [0.29, 0.717) is 5.56 Å². The molecule has 1 rings (SSSR count). The molecule has 6 nitrogen and oxygen atoms in total. The summed E-state index contributed by atoms with van der Waals surface area (Å²) < 4.78 is 0. The molecule has 7 heteroatoms. The van der Waals surface area contributed by atoms with Crippen LogP contribution in [0.25, 0.3) is 0 Å². The Balaban J connectivity index is 0.00000400. The highest BCUT2D eigenvalue weighted by Gasteiger charge is 2.30. The molecule has 0 fully saturated rings. The summed E-state index contributed by atoms with van der Waals surface area (Å²) in [4.78, 5) is 23.2. The average Bonchev–Trinajstić information content (AvgIpc) is 2.40. The number of halogens is 1. The van der Waals surface area contributed by atoms with Crippen LogP contribution in [0.2, 0.25) is 0 Å². The normalized spacial score (nSPS) is 12.1. The fourth-order valence-electron chi connectivity index (χ4n) is 1.51. The number of hydrogen-bond acceptors (Lipinski definition) is 4. The second-order valence-corrected chi connectivity index (χ2v) is 5.32. The second-order valence-electron chi connectivity index (χ2n) is 5.32. The molecule has 118 valence electrons. The Morgan fingerprint density at radius 2 is 1.81 bits per heavy atom. The van der Waals surface area contributed by atoms with Crippen molar-refractivity contribution in [2.24, 2.45) is 11.1 Å². The number of phenolic OH excluding ortho intramolecular Hbond substituents is 1. The summed E-state index contributed by atoms with van der Waals surface area (Å²) in [6, 6.07) is 5.15. The minimum Gasteiger partial charge on any atom is -0.508 e. The van der Waals surface area contributed by atoms with Gasteiger partial charge in [0, 0.05) is 13.0 Å². The Kier molecular flexibility index (Phi) is 7.18. The van der Waals surface area contributed by atoms with E-state index < -0.39 is 23.3 Å². The van der Waals surface area contributed by atoms with E-state index in [1.165, 1.54) is 12.1 Å². The third-order valence-electron chi connectivity index (χ3n) is 3.10. The van der Waals surface area contributed by atoms with E-state index in [1.807, 2.05) is 0 Å². The highest BCUT2D eigenvalue weighted by molar-refractivity contribution is 5.87. The predicted molar refractivity (Wildman–Crippen MR) is 81.5 cm³/mol. The van der Waals surface area contributed by atoms with E-state index in [0.717, 1.165) is 0 Å². The third-order valence-corrected chi connectivity index (χ3v) is 3.10. The van der Waals surface area contributed by atoms with Crippen LogP contribution in [-0.2, 0) is 16.0 Å². The molecule has 0 aliphatic carbocycles. The molecule has 1 atom stereocenters. The zero-order valence-electron chi connectivity index (χ0n) is 12.0. The van der Waals surface area contributed by atoms with Crippen LogP contribution >= 0.6 is 12.4 Å². The molecule has 1 amide bonds. The average molecular weight is 317 g/mol. The predicted octanol–water partition coefficient (Wildman–Crippen LogP) is 0.911. The molecule has 21 heavy (non-hydrogen) atoms. The molecular weight excluding hydrogens is 296 g/mol. The van der Waals surface area contributed by atoms with Gasteiger partial charge in [0.2, 0.25) is 5.91 Å². The first kappa shape index (κ1) is 19.2. The first-order chi connectivity index (χ1) is 9.26. The number of phenols is 1. The van der Waals surface area contributed by atoms with Gasteiger partial charge in [0.25, 0.3) is 0 Å². The Hall–Kier alpha value is -1.79. The number of carboxylic acid groups (broad SMARTS) is 1. The fourth-order valence-corrected chi connectivity index (χ4v) is 1.51. The van der Waals surface area contributed by atoms with Crippen molar-refractivity contribution in [3.63, 3.8) is 0 Å². The fraction of sp³-hybridized carbons (Fsp3) is 0.429. The molecular formula is C14H21ClN2O4. The van der Waals surface area contributed by atoms with Gasteiger partial charge in [0.05, 0.1) is 5.41 Å². The number of nitrogens with one attached hydrogen (secondary N) is 1. The molecule has 1 unspecified atom stereocenters. The smallest absolute Gasteiger partial charge is 0.326 e. The lowest BCUT2D eigenvalue weighted by Gasteiger charge is -2.24. The number of carboxylic acids is 1. The third kappa shape index (κ3) is 5.61. The molecule has 0 saturated heterocycles. The molecule has 0 aliphatic rings. The standard InChI is InChI=1S/C14H20N2O4.ClH/c1-14(2,8-15)13(20)16-11(12(18)19)7-9-3-5-10(17)6-4-9;/h3-6,11,17H,7-8,15H2,1-2H3,(H,16,20)(H,18,19);1H. The molecule has 1 aromatic rings. The SMILES string of the molecule is CC(C)(CN)C(=O)NC(Cc1ccc(O)cc1)C(=O)O.Cl. The van der Waals surface area contributed by atoms with E-state index in [1.54, 1.807) is 26.0 Å². The van der Waals surface area contributed by atoms with Crippen LogP contribution in [0.3, 0.4) is 0 Å². The van der Waals surface area contributed by atoms with Crippen molar-refractivity contribution in [2.75, 3.05) is 6.54 Å². The number of rotatable bonds is 6. The van der Waals surface area contributed by atoms with Crippen LogP contribution in [0.5, 0.6) is 5.75 Å². The van der Waals surface area contributed by atoms with Crippen LogP contribution < -0.4 is 11.1 Å². The highest BCUT2D eigenvalue weighted by atomic mass is 35.5. The lowest BCUT2D eigenvalue weighted by atomic mass is 9.92. The second kappa shape index (κ2) is 7.85. The van der Waals surface area contributed by atoms with E-state index in [2.05, 4.69) is 5.32 Å². The summed E-state index contributed by atoms with van der Waals surface area (Å²) >= 11 is 0. The number of carbonyl (C=O) groups excluding carboxylic acids is 1. The van der Waals surface area contributed by atoms with Gasteiger partial charge in [0.1, 0.15) is 11.8 Å². The molecule has 0 aliphatic heterocycles. The van der Waals surface area contributed by atoms with Gasteiger partial charge in [0.15, 0.2) is 0 Å². The summed E-state index contributed by atoms with van der Waals surface area (Å²) in [5, 5.41) is 20.9. The maximum Gasteiger partial charge on any atom is 0.326 e. The molecule has 0 spiro atoms. The van der Waals surface area contributed by atoms with Gasteiger partial charge < -0.3 is 21.3 Å². The van der Waals surface area contributed by atoms with Gasteiger partial charge in [-0.05, 0) is 31.5 Å². The topological polar surface area (TPSA) is 113 Å². The van der Waals surface area contributed by atoms with Crippen molar-refractivity contribution in [3.8, 4) is 5.75 Å². The maximum atomic E-state index is 12.0. The van der Waals surface area contributed by atoms with Gasteiger partial charge in [-0.1, -0.05) is 12.1 Å². The Morgan fingerprint density at radius 3 is 2.24 bits per heavy atom. The number of aliphatic carboxylic acids is 1. The minimum atomic E-state index is -1.11. The van der Waals surface area contributed by atoms with Crippen molar-refractivity contribution in [1.29, 1.82) is 0 Å². The molecule has 0 aromatic heterocycles. The Morgan fingerprint density at radius 1 is 1.29 bits per heavy atom. The van der Waals surface area contributed by atoms with Crippen molar-refractivity contribution >= 4 is 24.3 Å². The number of nitrogens with two attached hydrogens (primary N) is 1. The van der Waals surface area contributed by atoms with Crippen LogP contribution in [-0.4, -0.2) is 34.7 Å². The zero-order valence-corrected chi connectivity index (χ0v) is 12.8. The quantitative estimate of drug-likeness (QED) is 0.623. The highest BCUT2D eigenvalue weighted by Crippen LogP contribution is 2.15. The number of benzene rings is 1. The van der Waals surface area contributed by atoms with Crippen LogP contribution in [0.1, 0.15) is 19.4 Å². The summed E-state index contributed by atoms with van der Waals surface area (Å²) in [5.41, 5.74) is 5.38. The molecule has 1 aromatic carbocycles. The number of amides is 1. The van der Waals surface area contributed by atoms with Gasteiger partial charge in [-0.2, -0.15) is 0 Å². The van der Waals surface area contributed by atoms with Gasteiger partial charge in [-0.15, -0.1) is 12.4 Å². The van der Waals surface area contributed by atoms with Gasteiger partial charge in [-0.3, -0.25) is 4.79 Å². The molecule has 5 N–H and O–H groups in total. The Bertz CT molecular complexity index is 488. The van der Waals surface area contributed by atoms with Gasteiger partial charge in [-0.25, -0.2) is 4.79 Å². The molecule has 0 radical (unpaired) electrons. The first-order valence-electron chi connectivity index (χ1n) is 6.28. The summed E-state index contributed by atoms with van der Waals surface area (Å²) in [6.07, 6.45) is 0.141. The summed E-state index contributed by atoms with van der Waals surface area (Å²) in [7, 11) is 0.